The molecule has 0 spiro atoms. The van der Waals surface area contributed by atoms with Crippen molar-refractivity contribution in [3.63, 3.8) is 0 Å². The number of carboxylic acid groups (broad SMARTS) is 1. The summed E-state index contributed by atoms with van der Waals surface area (Å²) in [6.07, 6.45) is 0. The number of benzene rings is 1. The summed E-state index contributed by atoms with van der Waals surface area (Å²) in [7, 11) is 0. The van der Waals surface area contributed by atoms with Crippen LogP contribution in [0.3, 0.4) is 0 Å². The van der Waals surface area contributed by atoms with Gasteiger partial charge in [-0.15, -0.1) is 11.8 Å². The average molecular weight is 347 g/mol. The number of carbonyl (C=O) groups is 3. The van der Waals surface area contributed by atoms with Gasteiger partial charge in [0, 0.05) is 11.4 Å². The lowest BCUT2D eigenvalue weighted by molar-refractivity contribution is -0.149. The first-order valence-corrected chi connectivity index (χ1v) is 8.47. The number of thioether (sulfide) groups is 1. The van der Waals surface area contributed by atoms with Crippen LogP contribution in [0.5, 0.6) is 0 Å². The van der Waals surface area contributed by atoms with Crippen LogP contribution in [0.1, 0.15) is 6.92 Å². The van der Waals surface area contributed by atoms with E-state index >= 15 is 0 Å². The molecule has 0 aliphatic carbocycles. The summed E-state index contributed by atoms with van der Waals surface area (Å²) in [5.41, 5.74) is 6.76. The maximum absolute atomic E-state index is 12.7. The van der Waals surface area contributed by atoms with E-state index < -0.39 is 23.3 Å². The lowest BCUT2D eigenvalue weighted by Crippen LogP contribution is -2.72. The number of hydrogen-bond donors (Lipinski definition) is 2. The van der Waals surface area contributed by atoms with E-state index in [1.165, 1.54) is 21.6 Å². The van der Waals surface area contributed by atoms with Crippen molar-refractivity contribution in [2.75, 3.05) is 17.2 Å². The Morgan fingerprint density at radius 2 is 2.04 bits per heavy atom. The number of amides is 2. The van der Waals surface area contributed by atoms with E-state index in [1.54, 1.807) is 31.2 Å². The van der Waals surface area contributed by atoms with Gasteiger partial charge in [-0.05, 0) is 24.6 Å². The van der Waals surface area contributed by atoms with Crippen molar-refractivity contribution in [3.8, 4) is 0 Å². The second-order valence-electron chi connectivity index (χ2n) is 5.59. The molecular weight excluding hydrogens is 330 g/mol. The third-order valence-corrected chi connectivity index (χ3v) is 5.50. The Morgan fingerprint density at radius 3 is 2.62 bits per heavy atom. The summed E-state index contributed by atoms with van der Waals surface area (Å²) in [5.74, 6) is -1.38. The summed E-state index contributed by atoms with van der Waals surface area (Å²) in [6, 6.07) is 8.08. The van der Waals surface area contributed by atoms with Crippen molar-refractivity contribution in [1.82, 2.24) is 4.90 Å². The normalized spacial score (nSPS) is 22.8. The van der Waals surface area contributed by atoms with E-state index in [-0.39, 0.29) is 18.1 Å². The number of β-lactam (4-membered cyclic amide) rings is 1. The van der Waals surface area contributed by atoms with Gasteiger partial charge in [0.15, 0.2) is 0 Å². The Kier molecular flexibility index (Phi) is 4.33. The predicted octanol–water partition coefficient (Wildman–Crippen LogP) is 0.621. The van der Waals surface area contributed by atoms with Crippen LogP contribution in [0.15, 0.2) is 41.6 Å². The number of rotatable bonds is 4. The Labute approximate surface area is 143 Å². The molecule has 2 aliphatic rings. The number of carbonyl (C=O) groups excluding carboxylic acids is 2. The molecule has 0 unspecified atom stereocenters. The standard InChI is InChI=1S/C16H17N3O4S/c1-9-8-24-15-13(14(21)19(15)12(9)16(22)23)18(11(20)7-17)10-5-3-2-4-6-10/h2-6,13,15H,7-8,17H2,1H3,(H,22,23)/t13-,15-/m0/s1. The molecule has 2 atom stereocenters. The number of anilines is 1. The topological polar surface area (TPSA) is 104 Å². The van der Waals surface area contributed by atoms with Gasteiger partial charge in [-0.1, -0.05) is 18.2 Å². The van der Waals surface area contributed by atoms with Gasteiger partial charge in [-0.3, -0.25) is 19.4 Å². The Balaban J connectivity index is 1.97. The fraction of sp³-hybridized carbons (Fsp3) is 0.312. The molecule has 24 heavy (non-hydrogen) atoms. The maximum Gasteiger partial charge on any atom is 0.352 e. The van der Waals surface area contributed by atoms with Gasteiger partial charge in [0.1, 0.15) is 17.1 Å². The van der Waals surface area contributed by atoms with Crippen molar-refractivity contribution in [2.45, 2.75) is 18.3 Å². The largest absolute Gasteiger partial charge is 0.477 e. The van der Waals surface area contributed by atoms with Crippen LogP contribution in [0.2, 0.25) is 0 Å². The van der Waals surface area contributed by atoms with Crippen LogP contribution in [-0.4, -0.2) is 51.5 Å². The van der Waals surface area contributed by atoms with Gasteiger partial charge < -0.3 is 10.8 Å². The van der Waals surface area contributed by atoms with Gasteiger partial charge in [-0.2, -0.15) is 0 Å². The minimum Gasteiger partial charge on any atom is -0.477 e. The van der Waals surface area contributed by atoms with Crippen molar-refractivity contribution < 1.29 is 19.5 Å². The second-order valence-corrected chi connectivity index (χ2v) is 6.70. The van der Waals surface area contributed by atoms with Crippen LogP contribution in [-0.2, 0) is 14.4 Å². The fourth-order valence-corrected chi connectivity index (χ4v) is 4.34. The molecule has 3 rings (SSSR count). The van der Waals surface area contributed by atoms with Crippen molar-refractivity contribution in [2.24, 2.45) is 5.73 Å². The van der Waals surface area contributed by atoms with E-state index in [0.717, 1.165) is 0 Å². The van der Waals surface area contributed by atoms with E-state index in [4.69, 9.17) is 5.73 Å². The zero-order valence-electron chi connectivity index (χ0n) is 13.0. The number of nitrogens with two attached hydrogens (primary N) is 1. The second kappa shape index (κ2) is 6.29. The molecule has 7 nitrogen and oxygen atoms in total. The highest BCUT2D eigenvalue weighted by Gasteiger charge is 2.56. The van der Waals surface area contributed by atoms with Crippen LogP contribution in [0.25, 0.3) is 0 Å². The lowest BCUT2D eigenvalue weighted by atomic mass is 10.0. The van der Waals surface area contributed by atoms with E-state index in [9.17, 15) is 19.5 Å². The molecule has 0 bridgehead atoms. The molecule has 1 aromatic carbocycles. The average Bonchev–Trinajstić information content (AvgIpc) is 2.59. The van der Waals surface area contributed by atoms with Crippen molar-refractivity contribution in [1.29, 1.82) is 0 Å². The number of fused-ring (bicyclic) bond motifs is 1. The molecule has 0 aromatic heterocycles. The highest BCUT2D eigenvalue weighted by Crippen LogP contribution is 2.43. The first-order valence-electron chi connectivity index (χ1n) is 7.42. The van der Waals surface area contributed by atoms with Gasteiger partial charge in [0.25, 0.3) is 5.91 Å². The van der Waals surface area contributed by atoms with Crippen LogP contribution >= 0.6 is 11.8 Å². The summed E-state index contributed by atoms with van der Waals surface area (Å²) in [5, 5.41) is 8.97. The number of hydrogen-bond acceptors (Lipinski definition) is 5. The van der Waals surface area contributed by atoms with Crippen LogP contribution in [0.4, 0.5) is 5.69 Å². The SMILES string of the molecule is CC1=C(C(=O)O)N2C(=O)[C@H](N(C(=O)CN)c3ccccc3)[C@@H]2SC1. The van der Waals surface area contributed by atoms with Gasteiger partial charge >= 0.3 is 5.97 Å². The quantitative estimate of drug-likeness (QED) is 0.774. The molecule has 1 fully saturated rings. The first-order chi connectivity index (χ1) is 11.5. The highest BCUT2D eigenvalue weighted by molar-refractivity contribution is 8.00. The third kappa shape index (κ3) is 2.47. The van der Waals surface area contributed by atoms with Crippen LogP contribution in [0, 0.1) is 0 Å². The molecule has 0 radical (unpaired) electrons. The Bertz CT molecular complexity index is 734. The predicted molar refractivity (Wildman–Crippen MR) is 90.2 cm³/mol. The molecule has 8 heteroatoms. The summed E-state index contributed by atoms with van der Waals surface area (Å²) in [6.45, 7) is 1.48. The molecule has 3 N–H and O–H groups in total. The minimum absolute atomic E-state index is 0.0215. The molecule has 0 saturated carbocycles. The fourth-order valence-electron chi connectivity index (χ4n) is 3.01. The van der Waals surface area contributed by atoms with Gasteiger partial charge in [-0.25, -0.2) is 4.79 Å². The summed E-state index contributed by atoms with van der Waals surface area (Å²) >= 11 is 1.45. The minimum atomic E-state index is -1.12. The van der Waals surface area contributed by atoms with E-state index in [2.05, 4.69) is 0 Å². The lowest BCUT2D eigenvalue weighted by Gasteiger charge is -2.52. The van der Waals surface area contributed by atoms with E-state index in [0.29, 0.717) is 17.0 Å². The highest BCUT2D eigenvalue weighted by atomic mass is 32.2. The smallest absolute Gasteiger partial charge is 0.352 e. The van der Waals surface area contributed by atoms with Crippen molar-refractivity contribution in [3.05, 3.63) is 41.6 Å². The Morgan fingerprint density at radius 1 is 1.38 bits per heavy atom. The first kappa shape index (κ1) is 16.5. The molecular formula is C16H17N3O4S. The zero-order valence-corrected chi connectivity index (χ0v) is 13.8. The van der Waals surface area contributed by atoms with Gasteiger partial charge in [0.05, 0.1) is 6.54 Å². The zero-order chi connectivity index (χ0) is 17.4. The molecule has 2 aliphatic heterocycles. The summed E-state index contributed by atoms with van der Waals surface area (Å²) < 4.78 is 0. The number of carboxylic acids is 1. The molecule has 1 saturated heterocycles. The molecule has 1 aromatic rings. The van der Waals surface area contributed by atoms with Crippen LogP contribution < -0.4 is 10.6 Å². The maximum atomic E-state index is 12.7. The number of nitrogens with zero attached hydrogens (tertiary/aromatic N) is 2. The molecule has 2 heterocycles. The number of aliphatic carboxylic acids is 1. The monoisotopic (exact) mass is 347 g/mol. The molecule has 126 valence electrons. The van der Waals surface area contributed by atoms with E-state index in [1.807, 2.05) is 6.07 Å². The van der Waals surface area contributed by atoms with Gasteiger partial charge in [0.2, 0.25) is 5.91 Å². The third-order valence-electron chi connectivity index (χ3n) is 4.09. The Hall–Kier alpha value is -2.32. The number of para-hydroxylation sites is 1. The van der Waals surface area contributed by atoms with Crippen molar-refractivity contribution >= 4 is 35.2 Å². The summed E-state index contributed by atoms with van der Waals surface area (Å²) in [4.78, 5) is 39.1. The molecule has 2 amide bonds.